The number of carbonyl (C=O) groups excluding carboxylic acids is 2. The predicted octanol–water partition coefficient (Wildman–Crippen LogP) is 5.67. The normalized spacial score (nSPS) is 14.6. The highest BCUT2D eigenvalue weighted by atomic mass is 16.1. The first-order chi connectivity index (χ1) is 22.3. The third-order valence-electron chi connectivity index (χ3n) is 8.78. The number of fused-ring (bicyclic) bond motifs is 3. The molecule has 1 unspecified atom stereocenters. The molecule has 1 aliphatic heterocycles. The van der Waals surface area contributed by atoms with Crippen LogP contribution in [0, 0.1) is 0 Å². The summed E-state index contributed by atoms with van der Waals surface area (Å²) in [5, 5.41) is 6.22. The van der Waals surface area contributed by atoms with Crippen molar-refractivity contribution in [2.24, 2.45) is 5.73 Å². The molecule has 1 heterocycles. The number of nitrogen functional groups attached to an aromatic ring is 1. The number of hydrogen-bond acceptors (Lipinski definition) is 6. The number of benzene rings is 4. The largest absolute Gasteiger partial charge is 0.412 e. The van der Waals surface area contributed by atoms with Crippen LogP contribution in [0.5, 0.6) is 0 Å². The lowest BCUT2D eigenvalue weighted by atomic mass is 9.75. The Balaban J connectivity index is 0.000000391. The summed E-state index contributed by atoms with van der Waals surface area (Å²) >= 11 is 0. The van der Waals surface area contributed by atoms with Crippen molar-refractivity contribution in [3.63, 3.8) is 0 Å². The van der Waals surface area contributed by atoms with E-state index < -0.39 is 5.41 Å². The number of unbranched alkanes of at least 4 members (excludes halogenated alkanes) is 1. The number of nitrogens with zero attached hydrogens (tertiary/aromatic N) is 1. The molecule has 8 heteroatoms. The van der Waals surface area contributed by atoms with Crippen molar-refractivity contribution in [3.05, 3.63) is 120 Å². The highest BCUT2D eigenvalue weighted by Gasteiger charge is 2.42. The van der Waals surface area contributed by atoms with E-state index in [9.17, 15) is 9.59 Å². The predicted molar refractivity (Wildman–Crippen MR) is 195 cm³/mol. The zero-order chi connectivity index (χ0) is 32.9. The second-order valence-corrected chi connectivity index (χ2v) is 12.2. The lowest BCUT2D eigenvalue weighted by Gasteiger charge is -2.39. The molecule has 4 aromatic carbocycles. The van der Waals surface area contributed by atoms with Crippen molar-refractivity contribution in [1.29, 1.82) is 0 Å². The molecule has 250 valence electrons. The van der Waals surface area contributed by atoms with E-state index in [2.05, 4.69) is 46.7 Å². The molecular formula is C39H51N5O3. The van der Waals surface area contributed by atoms with Gasteiger partial charge in [0.15, 0.2) is 0 Å². The summed E-state index contributed by atoms with van der Waals surface area (Å²) < 4.78 is 0. The zero-order valence-electron chi connectivity index (χ0n) is 27.9. The fraction of sp³-hybridized carbons (Fsp3) is 0.333. The first-order valence-electron chi connectivity index (χ1n) is 16.3. The average molecular weight is 638 g/mol. The van der Waals surface area contributed by atoms with E-state index in [-0.39, 0.29) is 17.4 Å². The van der Waals surface area contributed by atoms with Gasteiger partial charge in [0.05, 0.1) is 17.0 Å². The lowest BCUT2D eigenvalue weighted by Crippen LogP contribution is -2.59. The molecule has 0 spiro atoms. The van der Waals surface area contributed by atoms with Crippen LogP contribution in [0.1, 0.15) is 61.0 Å². The summed E-state index contributed by atoms with van der Waals surface area (Å²) in [7, 11) is 1.83. The summed E-state index contributed by atoms with van der Waals surface area (Å²) in [6.45, 7) is 6.80. The van der Waals surface area contributed by atoms with Crippen LogP contribution < -0.4 is 22.1 Å². The van der Waals surface area contributed by atoms with Crippen LogP contribution >= 0.6 is 0 Å². The summed E-state index contributed by atoms with van der Waals surface area (Å²) in [5.41, 5.74) is 17.1. The Labute approximate surface area is 279 Å². The maximum Gasteiger partial charge on any atom is 0.253 e. The van der Waals surface area contributed by atoms with Crippen LogP contribution in [0.2, 0.25) is 0 Å². The molecular weight excluding hydrogens is 586 g/mol. The van der Waals surface area contributed by atoms with Gasteiger partial charge in [0, 0.05) is 37.6 Å². The van der Waals surface area contributed by atoms with Gasteiger partial charge in [0.1, 0.15) is 6.29 Å². The fourth-order valence-electron chi connectivity index (χ4n) is 6.01. The van der Waals surface area contributed by atoms with E-state index in [1.54, 1.807) is 0 Å². The highest BCUT2D eigenvalue weighted by Crippen LogP contribution is 2.50. The second-order valence-electron chi connectivity index (χ2n) is 12.2. The van der Waals surface area contributed by atoms with Crippen molar-refractivity contribution in [2.45, 2.75) is 57.0 Å². The Morgan fingerprint density at radius 2 is 1.43 bits per heavy atom. The second kappa shape index (κ2) is 18.0. The van der Waals surface area contributed by atoms with Crippen LogP contribution in [0.3, 0.4) is 0 Å². The smallest absolute Gasteiger partial charge is 0.253 e. The number of nitrogens with two attached hydrogens (primary N) is 2. The molecule has 1 aliphatic carbocycles. The number of aldehydes is 1. The van der Waals surface area contributed by atoms with Crippen LogP contribution in [0.25, 0.3) is 11.1 Å². The van der Waals surface area contributed by atoms with Crippen molar-refractivity contribution < 1.29 is 15.1 Å². The van der Waals surface area contributed by atoms with Crippen LogP contribution in [-0.4, -0.2) is 61.3 Å². The van der Waals surface area contributed by atoms with Gasteiger partial charge in [-0.2, -0.15) is 0 Å². The van der Waals surface area contributed by atoms with Crippen LogP contribution in [0.4, 0.5) is 11.4 Å². The van der Waals surface area contributed by atoms with Gasteiger partial charge >= 0.3 is 0 Å². The van der Waals surface area contributed by atoms with Crippen LogP contribution in [0.15, 0.2) is 103 Å². The first kappa shape index (κ1) is 37.0. The fourth-order valence-corrected chi connectivity index (χ4v) is 6.01. The Bertz CT molecular complexity index is 1510. The molecule has 0 saturated carbocycles. The molecule has 4 aromatic rings. The van der Waals surface area contributed by atoms with Crippen molar-refractivity contribution in [1.82, 2.24) is 10.2 Å². The van der Waals surface area contributed by atoms with E-state index in [0.29, 0.717) is 11.6 Å². The first-order valence-corrected chi connectivity index (χ1v) is 16.3. The number of amides is 1. The average Bonchev–Trinajstić information content (AvgIpc) is 3.36. The third-order valence-corrected chi connectivity index (χ3v) is 8.78. The molecule has 1 saturated heterocycles. The van der Waals surface area contributed by atoms with Gasteiger partial charge < -0.3 is 32.4 Å². The number of nitrogens with one attached hydrogen (secondary N) is 2. The van der Waals surface area contributed by atoms with Gasteiger partial charge in [-0.15, -0.1) is 0 Å². The number of para-hydroxylation sites is 2. The summed E-state index contributed by atoms with van der Waals surface area (Å²) in [6, 6.07) is 34.3. The molecule has 0 bridgehead atoms. The van der Waals surface area contributed by atoms with E-state index >= 15 is 0 Å². The van der Waals surface area contributed by atoms with Gasteiger partial charge in [-0.05, 0) is 79.3 Å². The lowest BCUT2D eigenvalue weighted by molar-refractivity contribution is -0.111. The van der Waals surface area contributed by atoms with Gasteiger partial charge in [-0.25, -0.2) is 0 Å². The van der Waals surface area contributed by atoms with Gasteiger partial charge in [-0.1, -0.05) is 92.2 Å². The summed E-state index contributed by atoms with van der Waals surface area (Å²) in [6.07, 6.45) is 5.07. The summed E-state index contributed by atoms with van der Waals surface area (Å²) in [4.78, 5) is 27.5. The Morgan fingerprint density at radius 3 is 1.94 bits per heavy atom. The molecule has 1 amide bonds. The number of likely N-dealkylation sites (tertiary alicyclic amines) is 1. The van der Waals surface area contributed by atoms with Crippen molar-refractivity contribution >= 4 is 23.6 Å². The monoisotopic (exact) mass is 637 g/mol. The van der Waals surface area contributed by atoms with Crippen molar-refractivity contribution in [3.8, 4) is 11.1 Å². The Hall–Kier alpha value is -4.50. The van der Waals surface area contributed by atoms with E-state index in [1.165, 1.54) is 11.1 Å². The molecule has 8 nitrogen and oxygen atoms in total. The Morgan fingerprint density at radius 1 is 0.894 bits per heavy atom. The van der Waals surface area contributed by atoms with E-state index in [1.807, 2.05) is 92.8 Å². The molecule has 8 N–H and O–H groups in total. The minimum absolute atomic E-state index is 0. The van der Waals surface area contributed by atoms with Crippen molar-refractivity contribution in [2.75, 3.05) is 37.7 Å². The number of hydrogen-bond donors (Lipinski definition) is 4. The highest BCUT2D eigenvalue weighted by molar-refractivity contribution is 5.99. The van der Waals surface area contributed by atoms with Crippen LogP contribution in [-0.2, 0) is 10.2 Å². The standard InChI is InChI=1S/C29H31N3O2.C6H7N.C4H11N.H2O/c1-30-27-15-7-4-12-24(27)28(34)31-21-18-32(19-21)17-9-8-16-29(20-33)25-13-5-2-10-22(25)23-11-3-6-14-26(23)29;7-6-4-2-1-3-5-6;1-3-4(2)5;/h2-7,10-15,20-21,30H,8-9,16-19H2,1H3,(H,31,34);1-5H,7H2;4H,3,5H2,1-2H3;1H2. The third kappa shape index (κ3) is 9.29. The molecule has 6 rings (SSSR count). The summed E-state index contributed by atoms with van der Waals surface area (Å²) in [5.74, 6) is -0.0268. The Kier molecular flexibility index (Phi) is 14.2. The minimum Gasteiger partial charge on any atom is -0.412 e. The minimum atomic E-state index is -0.542. The van der Waals surface area contributed by atoms with Gasteiger partial charge in [0.2, 0.25) is 0 Å². The quantitative estimate of drug-likeness (QED) is 0.100. The number of rotatable bonds is 10. The van der Waals surface area contributed by atoms with Gasteiger partial charge in [-0.3, -0.25) is 9.69 Å². The molecule has 47 heavy (non-hydrogen) atoms. The molecule has 0 aromatic heterocycles. The zero-order valence-corrected chi connectivity index (χ0v) is 27.9. The molecule has 1 fully saturated rings. The SMILES string of the molecule is CCC(C)N.CNc1ccccc1C(=O)NC1CN(CCCCC2(C=O)c3ccccc3-c3ccccc32)C1.Nc1ccccc1.O. The number of anilines is 2. The molecule has 0 radical (unpaired) electrons. The van der Waals surface area contributed by atoms with Gasteiger partial charge in [0.25, 0.3) is 5.91 Å². The van der Waals surface area contributed by atoms with E-state index in [0.717, 1.165) is 74.1 Å². The maximum atomic E-state index is 12.6. The van der Waals surface area contributed by atoms with E-state index in [4.69, 9.17) is 11.5 Å². The molecule has 1 atom stereocenters. The molecule has 2 aliphatic rings. The number of carbonyl (C=O) groups is 2. The topological polar surface area (TPSA) is 145 Å². The maximum absolute atomic E-state index is 12.6.